The summed E-state index contributed by atoms with van der Waals surface area (Å²) in [6, 6.07) is 6.17. The molecule has 2 heterocycles. The zero-order chi connectivity index (χ0) is 16.4. The summed E-state index contributed by atoms with van der Waals surface area (Å²) in [5, 5.41) is 10.9. The number of piperazine rings is 1. The quantitative estimate of drug-likeness (QED) is 0.631. The topological polar surface area (TPSA) is 52.9 Å². The van der Waals surface area contributed by atoms with Crippen LogP contribution in [0.5, 0.6) is 0 Å². The number of nitrogens with zero attached hydrogens (tertiary/aromatic N) is 4. The lowest BCUT2D eigenvalue weighted by atomic mass is 10.0. The van der Waals surface area contributed by atoms with Crippen molar-refractivity contribution in [2.45, 2.75) is 25.8 Å². The number of hydrogen-bond donors (Lipinski definition) is 0. The molecule has 126 valence electrons. The third kappa shape index (κ3) is 3.64. The molecule has 1 aromatic rings. The summed E-state index contributed by atoms with van der Waals surface area (Å²) in [6.45, 7) is 8.58. The number of aryl methyl sites for hydroxylation is 1. The Hall–Kier alpha value is -1.66. The van der Waals surface area contributed by atoms with E-state index in [1.807, 2.05) is 19.1 Å². The lowest BCUT2D eigenvalue weighted by Gasteiger charge is -2.42. The fraction of sp³-hybridized carbons (Fsp3) is 0.647. The van der Waals surface area contributed by atoms with Gasteiger partial charge < -0.3 is 9.80 Å². The van der Waals surface area contributed by atoms with Crippen LogP contribution in [0.4, 0.5) is 11.4 Å². The van der Waals surface area contributed by atoms with Gasteiger partial charge in [-0.05, 0) is 38.9 Å². The summed E-state index contributed by atoms with van der Waals surface area (Å²) < 4.78 is 0. The lowest BCUT2D eigenvalue weighted by Crippen LogP contribution is -2.52. The van der Waals surface area contributed by atoms with Crippen LogP contribution in [0.1, 0.15) is 18.4 Å². The molecule has 3 rings (SSSR count). The van der Waals surface area contributed by atoms with Gasteiger partial charge in [-0.3, -0.25) is 15.0 Å². The van der Waals surface area contributed by atoms with Crippen LogP contribution in [0.15, 0.2) is 18.2 Å². The molecule has 6 heteroatoms. The highest BCUT2D eigenvalue weighted by Crippen LogP contribution is 2.27. The van der Waals surface area contributed by atoms with Crippen LogP contribution in [0, 0.1) is 17.0 Å². The second-order valence-electron chi connectivity index (χ2n) is 6.79. The molecule has 0 spiro atoms. The Labute approximate surface area is 137 Å². The van der Waals surface area contributed by atoms with Crippen LogP contribution in [0.2, 0.25) is 0 Å². The minimum absolute atomic E-state index is 0.209. The van der Waals surface area contributed by atoms with Crippen molar-refractivity contribution in [1.29, 1.82) is 0 Å². The van der Waals surface area contributed by atoms with E-state index in [1.165, 1.54) is 39.0 Å². The van der Waals surface area contributed by atoms with Crippen molar-refractivity contribution < 1.29 is 4.92 Å². The van der Waals surface area contributed by atoms with E-state index < -0.39 is 0 Å². The fourth-order valence-electron chi connectivity index (χ4n) is 3.72. The first-order valence-corrected chi connectivity index (χ1v) is 8.47. The monoisotopic (exact) mass is 318 g/mol. The van der Waals surface area contributed by atoms with Gasteiger partial charge in [0.15, 0.2) is 0 Å². The van der Waals surface area contributed by atoms with E-state index in [0.717, 1.165) is 24.3 Å². The average molecular weight is 318 g/mol. The number of anilines is 1. The van der Waals surface area contributed by atoms with E-state index in [9.17, 15) is 10.1 Å². The summed E-state index contributed by atoms with van der Waals surface area (Å²) >= 11 is 0. The van der Waals surface area contributed by atoms with Crippen LogP contribution >= 0.6 is 0 Å². The molecule has 0 saturated carbocycles. The molecule has 2 saturated heterocycles. The maximum atomic E-state index is 10.9. The van der Waals surface area contributed by atoms with E-state index in [4.69, 9.17) is 0 Å². The van der Waals surface area contributed by atoms with Crippen molar-refractivity contribution in [2.75, 3.05) is 51.2 Å². The summed E-state index contributed by atoms with van der Waals surface area (Å²) in [4.78, 5) is 18.0. The predicted octanol–water partition coefficient (Wildman–Crippen LogP) is 2.12. The van der Waals surface area contributed by atoms with Crippen LogP contribution in [-0.2, 0) is 0 Å². The maximum Gasteiger partial charge on any atom is 0.272 e. The molecule has 2 aliphatic heterocycles. The van der Waals surface area contributed by atoms with E-state index in [0.29, 0.717) is 6.04 Å². The molecule has 0 N–H and O–H groups in total. The van der Waals surface area contributed by atoms with Crippen molar-refractivity contribution in [3.63, 3.8) is 0 Å². The van der Waals surface area contributed by atoms with Gasteiger partial charge in [-0.1, -0.05) is 0 Å². The molecule has 0 aromatic heterocycles. The molecule has 1 aromatic carbocycles. The molecule has 6 nitrogen and oxygen atoms in total. The van der Waals surface area contributed by atoms with Gasteiger partial charge >= 0.3 is 0 Å². The summed E-state index contributed by atoms with van der Waals surface area (Å²) in [5.41, 5.74) is 2.07. The fourth-order valence-corrected chi connectivity index (χ4v) is 3.72. The van der Waals surface area contributed by atoms with Crippen LogP contribution < -0.4 is 4.90 Å². The third-order valence-electron chi connectivity index (χ3n) is 5.26. The first-order valence-electron chi connectivity index (χ1n) is 8.47. The second-order valence-corrected chi connectivity index (χ2v) is 6.79. The summed E-state index contributed by atoms with van der Waals surface area (Å²) in [7, 11) is 2.19. The van der Waals surface area contributed by atoms with Crippen molar-refractivity contribution >= 4 is 11.4 Å². The number of likely N-dealkylation sites (N-methyl/N-ethyl adjacent to an activating group) is 1. The Kier molecular flexibility index (Phi) is 4.82. The van der Waals surface area contributed by atoms with Crippen LogP contribution in [0.3, 0.4) is 0 Å². The number of rotatable bonds is 3. The van der Waals surface area contributed by atoms with Crippen molar-refractivity contribution in [2.24, 2.45) is 0 Å². The first kappa shape index (κ1) is 16.2. The van der Waals surface area contributed by atoms with Gasteiger partial charge in [0, 0.05) is 62.6 Å². The molecule has 23 heavy (non-hydrogen) atoms. The number of hydrogen-bond acceptors (Lipinski definition) is 5. The minimum atomic E-state index is -0.307. The minimum Gasteiger partial charge on any atom is -0.371 e. The van der Waals surface area contributed by atoms with E-state index in [2.05, 4.69) is 21.7 Å². The zero-order valence-corrected chi connectivity index (χ0v) is 14.1. The highest BCUT2D eigenvalue weighted by molar-refractivity contribution is 5.55. The molecule has 0 atom stereocenters. The smallest absolute Gasteiger partial charge is 0.272 e. The Balaban J connectivity index is 1.58. The van der Waals surface area contributed by atoms with Crippen molar-refractivity contribution in [1.82, 2.24) is 9.80 Å². The molecule has 2 fully saturated rings. The summed E-state index contributed by atoms with van der Waals surface area (Å²) in [5.74, 6) is 0. The van der Waals surface area contributed by atoms with Gasteiger partial charge in [-0.2, -0.15) is 0 Å². The Morgan fingerprint density at radius 1 is 1.09 bits per heavy atom. The number of nitro benzene ring substituents is 1. The second kappa shape index (κ2) is 6.84. The average Bonchev–Trinajstić information content (AvgIpc) is 2.55. The van der Waals surface area contributed by atoms with Gasteiger partial charge in [0.2, 0.25) is 0 Å². The molecule has 0 radical (unpaired) electrons. The Bertz CT molecular complexity index is 562. The molecule has 0 amide bonds. The SMILES string of the molecule is Cc1cc(N2CCC(N3CCN(C)CC3)CC2)ccc1[N+](=O)[O-]. The molecule has 0 aliphatic carbocycles. The number of nitro groups is 1. The Morgan fingerprint density at radius 3 is 2.30 bits per heavy atom. The van der Waals surface area contributed by atoms with Gasteiger partial charge in [0.05, 0.1) is 4.92 Å². The normalized spacial score (nSPS) is 21.6. The maximum absolute atomic E-state index is 10.9. The van der Waals surface area contributed by atoms with E-state index in [-0.39, 0.29) is 10.6 Å². The van der Waals surface area contributed by atoms with Gasteiger partial charge in [0.25, 0.3) is 5.69 Å². The van der Waals surface area contributed by atoms with Crippen molar-refractivity contribution in [3.05, 3.63) is 33.9 Å². The third-order valence-corrected chi connectivity index (χ3v) is 5.26. The number of benzene rings is 1. The first-order chi connectivity index (χ1) is 11.0. The van der Waals surface area contributed by atoms with E-state index in [1.54, 1.807) is 6.07 Å². The van der Waals surface area contributed by atoms with Gasteiger partial charge in [-0.25, -0.2) is 0 Å². The largest absolute Gasteiger partial charge is 0.371 e. The van der Waals surface area contributed by atoms with Crippen LogP contribution in [-0.4, -0.2) is 67.1 Å². The zero-order valence-electron chi connectivity index (χ0n) is 14.1. The molecule has 0 unspecified atom stereocenters. The molecular weight excluding hydrogens is 292 g/mol. The van der Waals surface area contributed by atoms with E-state index >= 15 is 0 Å². The summed E-state index contributed by atoms with van der Waals surface area (Å²) in [6.07, 6.45) is 2.36. The molecule has 0 bridgehead atoms. The van der Waals surface area contributed by atoms with Gasteiger partial charge in [-0.15, -0.1) is 0 Å². The standard InChI is InChI=1S/C17H26N4O2/c1-14-13-16(3-4-17(14)21(22)23)19-7-5-15(6-8-19)20-11-9-18(2)10-12-20/h3-4,13,15H,5-12H2,1-2H3. The Morgan fingerprint density at radius 2 is 1.74 bits per heavy atom. The highest BCUT2D eigenvalue weighted by atomic mass is 16.6. The van der Waals surface area contributed by atoms with Crippen LogP contribution in [0.25, 0.3) is 0 Å². The number of piperidine rings is 1. The van der Waals surface area contributed by atoms with Gasteiger partial charge in [0.1, 0.15) is 0 Å². The lowest BCUT2D eigenvalue weighted by molar-refractivity contribution is -0.385. The highest BCUT2D eigenvalue weighted by Gasteiger charge is 2.27. The molecular formula is C17H26N4O2. The predicted molar refractivity (Wildman–Crippen MR) is 92.1 cm³/mol. The molecule has 2 aliphatic rings. The van der Waals surface area contributed by atoms with Crippen molar-refractivity contribution in [3.8, 4) is 0 Å².